The van der Waals surface area contributed by atoms with Crippen molar-refractivity contribution in [2.24, 2.45) is 0 Å². The number of para-hydroxylation sites is 2. The maximum Gasteiger partial charge on any atom is 0.329 e. The second-order valence-electron chi connectivity index (χ2n) is 8.59. The van der Waals surface area contributed by atoms with E-state index in [1.54, 1.807) is 12.1 Å². The average Bonchev–Trinajstić information content (AvgIpc) is 3.29. The third-order valence-corrected chi connectivity index (χ3v) is 7.19. The van der Waals surface area contributed by atoms with E-state index in [1.807, 2.05) is 51.4 Å². The van der Waals surface area contributed by atoms with Gasteiger partial charge >= 0.3 is 5.00 Å². The highest BCUT2D eigenvalue weighted by Crippen LogP contribution is 2.34. The summed E-state index contributed by atoms with van der Waals surface area (Å²) in [5.74, 6) is -0.197. The van der Waals surface area contributed by atoms with Crippen molar-refractivity contribution in [1.82, 2.24) is 14.8 Å². The van der Waals surface area contributed by atoms with Crippen LogP contribution < -0.4 is 15.5 Å². The predicted octanol–water partition coefficient (Wildman–Crippen LogP) is 4.64. The van der Waals surface area contributed by atoms with Crippen LogP contribution in [0, 0.1) is 17.0 Å². The number of thiophene rings is 1. The number of hydrogen-bond donors (Lipinski definition) is 2. The number of nitrogens with zero attached hydrogens (tertiary/aromatic N) is 3. The van der Waals surface area contributed by atoms with Crippen LogP contribution in [-0.2, 0) is 0 Å². The smallest absolute Gasteiger partial charge is 0.329 e. The summed E-state index contributed by atoms with van der Waals surface area (Å²) < 4.78 is 0.506. The van der Waals surface area contributed by atoms with E-state index in [0.717, 1.165) is 33.4 Å². The zero-order valence-electron chi connectivity index (χ0n) is 18.8. The highest BCUT2D eigenvalue weighted by molar-refractivity contribution is 7.19. The molecule has 0 aliphatic heterocycles. The van der Waals surface area contributed by atoms with Crippen molar-refractivity contribution in [3.63, 3.8) is 0 Å². The summed E-state index contributed by atoms with van der Waals surface area (Å²) in [6.07, 6.45) is 0.715. The molecule has 170 valence electrons. The van der Waals surface area contributed by atoms with E-state index in [-0.39, 0.29) is 15.8 Å². The molecule has 0 saturated heterocycles. The molecule has 2 aromatic heterocycles. The second-order valence-corrected chi connectivity index (χ2v) is 9.63. The van der Waals surface area contributed by atoms with Crippen molar-refractivity contribution in [2.45, 2.75) is 13.3 Å². The first-order valence-electron chi connectivity index (χ1n) is 10.6. The highest BCUT2D eigenvalue weighted by atomic mass is 32.1. The molecule has 0 unspecified atom stereocenters. The summed E-state index contributed by atoms with van der Waals surface area (Å²) in [6, 6.07) is 14.7. The minimum Gasteiger partial charge on any atom is -0.398 e. The molecule has 33 heavy (non-hydrogen) atoms. The van der Waals surface area contributed by atoms with Crippen LogP contribution in [0.5, 0.6) is 0 Å². The Morgan fingerprint density at radius 3 is 2.52 bits per heavy atom. The average molecular weight is 465 g/mol. The molecule has 8 nitrogen and oxygen atoms in total. The molecule has 0 spiro atoms. The molecule has 0 bridgehead atoms. The molecule has 1 amide bonds. The van der Waals surface area contributed by atoms with Crippen LogP contribution in [-0.4, -0.2) is 43.0 Å². The first kappa shape index (κ1) is 22.6. The van der Waals surface area contributed by atoms with Crippen molar-refractivity contribution >= 4 is 54.7 Å². The van der Waals surface area contributed by atoms with E-state index in [2.05, 4.69) is 5.32 Å². The third kappa shape index (κ3) is 4.37. The Morgan fingerprint density at radius 1 is 1.12 bits per heavy atom. The number of nitro groups is 1. The summed E-state index contributed by atoms with van der Waals surface area (Å²) in [4.78, 5) is 28.4. The minimum absolute atomic E-state index is 0.134. The minimum atomic E-state index is -0.371. The molecule has 0 atom stereocenters. The number of aromatic nitrogens is 1. The van der Waals surface area contributed by atoms with Gasteiger partial charge in [0, 0.05) is 35.9 Å². The van der Waals surface area contributed by atoms with E-state index in [0.29, 0.717) is 34.2 Å². The van der Waals surface area contributed by atoms with Gasteiger partial charge in [0.25, 0.3) is 5.91 Å². The van der Waals surface area contributed by atoms with Crippen LogP contribution >= 0.6 is 11.3 Å². The van der Waals surface area contributed by atoms with Crippen LogP contribution in [0.1, 0.15) is 22.3 Å². The number of anilines is 1. The number of amides is 1. The predicted molar refractivity (Wildman–Crippen MR) is 135 cm³/mol. The van der Waals surface area contributed by atoms with Gasteiger partial charge in [-0.3, -0.25) is 19.4 Å². The van der Waals surface area contributed by atoms with E-state index < -0.39 is 0 Å². The molecule has 0 aliphatic carbocycles. The Bertz CT molecular complexity index is 1380. The van der Waals surface area contributed by atoms with Gasteiger partial charge in [0.2, 0.25) is 0 Å². The first-order valence-corrected chi connectivity index (χ1v) is 11.4. The molecule has 0 radical (unpaired) electrons. The van der Waals surface area contributed by atoms with Gasteiger partial charge in [0.1, 0.15) is 0 Å². The summed E-state index contributed by atoms with van der Waals surface area (Å²) in [7, 11) is 4.00. The highest BCUT2D eigenvalue weighted by Gasteiger charge is 2.24. The van der Waals surface area contributed by atoms with Gasteiger partial charge in [-0.15, -0.1) is 0 Å². The number of carbonyl (C=O) groups is 1. The number of nitrogens with two attached hydrogens (primary N) is 1. The largest absolute Gasteiger partial charge is 0.398 e. The number of pyridine rings is 1. The quantitative estimate of drug-likeness (QED) is 0.136. The molecule has 0 saturated carbocycles. The van der Waals surface area contributed by atoms with E-state index in [9.17, 15) is 14.9 Å². The molecular weight excluding hydrogens is 438 g/mol. The SMILES string of the molecule is Cc1cccc2c(N)c3cccc(C(=O)NCCC[N+](C)(C)c4ccc([N+](=O)[O-])s4)c3nc12. The zero-order valence-corrected chi connectivity index (χ0v) is 19.6. The van der Waals surface area contributed by atoms with Gasteiger partial charge < -0.3 is 11.1 Å². The van der Waals surface area contributed by atoms with Crippen molar-refractivity contribution in [2.75, 3.05) is 32.9 Å². The third-order valence-electron chi connectivity index (χ3n) is 5.86. The Balaban J connectivity index is 1.48. The number of aryl methyl sites for hydroxylation is 1. The lowest BCUT2D eigenvalue weighted by atomic mass is 10.0. The molecule has 4 aromatic rings. The Labute approximate surface area is 195 Å². The topological polar surface area (TPSA) is 111 Å². The maximum atomic E-state index is 13.0. The van der Waals surface area contributed by atoms with Gasteiger partial charge in [0.15, 0.2) is 5.00 Å². The normalized spacial score (nSPS) is 11.7. The molecule has 0 fully saturated rings. The van der Waals surface area contributed by atoms with Crippen molar-refractivity contribution in [1.29, 1.82) is 0 Å². The Morgan fingerprint density at radius 2 is 1.82 bits per heavy atom. The van der Waals surface area contributed by atoms with Gasteiger partial charge in [-0.05, 0) is 29.9 Å². The molecule has 2 heterocycles. The maximum absolute atomic E-state index is 13.0. The van der Waals surface area contributed by atoms with E-state index in [1.165, 1.54) is 17.4 Å². The van der Waals surface area contributed by atoms with E-state index >= 15 is 0 Å². The second kappa shape index (κ2) is 8.76. The summed E-state index contributed by atoms with van der Waals surface area (Å²) in [5, 5.41) is 16.6. The zero-order chi connectivity index (χ0) is 23.8. The molecule has 2 aromatic carbocycles. The van der Waals surface area contributed by atoms with Crippen LogP contribution in [0.4, 0.5) is 15.7 Å². The molecule has 4 rings (SSSR count). The fourth-order valence-corrected chi connectivity index (χ4v) is 4.87. The van der Waals surface area contributed by atoms with Gasteiger partial charge in [-0.25, -0.2) is 4.98 Å². The number of quaternary nitrogens is 1. The van der Waals surface area contributed by atoms with Gasteiger partial charge in [0.05, 0.1) is 47.8 Å². The monoisotopic (exact) mass is 464 g/mol. The number of fused-ring (bicyclic) bond motifs is 2. The number of hydrogen-bond acceptors (Lipinski definition) is 6. The number of benzene rings is 2. The lowest BCUT2D eigenvalue weighted by Gasteiger charge is -2.27. The van der Waals surface area contributed by atoms with Crippen LogP contribution in [0.3, 0.4) is 0 Å². The summed E-state index contributed by atoms with van der Waals surface area (Å²) in [5.41, 5.74) is 9.93. The molecular formula is C24H26N5O3S+. The lowest BCUT2D eigenvalue weighted by molar-refractivity contribution is -0.380. The number of rotatable bonds is 7. The van der Waals surface area contributed by atoms with Gasteiger partial charge in [-0.1, -0.05) is 30.3 Å². The standard InChI is InChI=1S/C24H25N5O3S/c1-15-7-4-8-16-21(25)17-9-5-10-18(23(17)27-22(15)16)24(30)26-13-6-14-29(2,3)20-12-11-19(33-20)28(31)32/h4-5,7-12H,6,13-14H2,1-3H3,(H2-,25,26,27,30)/p+1. The fraction of sp³-hybridized carbons (Fsp3) is 0.250. The summed E-state index contributed by atoms with van der Waals surface area (Å²) >= 11 is 1.18. The van der Waals surface area contributed by atoms with Crippen LogP contribution in [0.25, 0.3) is 21.8 Å². The first-order chi connectivity index (χ1) is 15.7. The number of nitrogen functional groups attached to an aromatic ring is 1. The van der Waals surface area contributed by atoms with Crippen LogP contribution in [0.15, 0.2) is 48.5 Å². The van der Waals surface area contributed by atoms with Crippen LogP contribution in [0.2, 0.25) is 0 Å². The lowest BCUT2D eigenvalue weighted by Crippen LogP contribution is -2.42. The number of nitrogens with one attached hydrogen (secondary N) is 1. The molecule has 3 N–H and O–H groups in total. The van der Waals surface area contributed by atoms with Gasteiger partial charge in [-0.2, -0.15) is 0 Å². The summed E-state index contributed by atoms with van der Waals surface area (Å²) in [6.45, 7) is 3.18. The molecule has 0 aliphatic rings. The Kier molecular flexibility index (Phi) is 6.01. The van der Waals surface area contributed by atoms with E-state index in [4.69, 9.17) is 10.7 Å². The fourth-order valence-electron chi connectivity index (χ4n) is 3.97. The number of carbonyl (C=O) groups excluding carboxylic acids is 1. The molecule has 9 heteroatoms. The van der Waals surface area contributed by atoms with Crippen molar-refractivity contribution in [3.05, 3.63) is 69.8 Å². The van der Waals surface area contributed by atoms with Crippen molar-refractivity contribution < 1.29 is 9.72 Å². The van der Waals surface area contributed by atoms with Crippen molar-refractivity contribution in [3.8, 4) is 0 Å². The Hall–Kier alpha value is -3.56.